The smallest absolute Gasteiger partial charge is 0.389 e. The molecule has 0 saturated carbocycles. The number of aliphatic carboxylic acids is 1. The highest BCUT2D eigenvalue weighted by Crippen LogP contribution is 2.22. The molecule has 0 radical (unpaired) electrons. The standard InChI is InChI=1S/C11H20F3NO2/c1-3-4-5-9(10(16)17)15-8(2)6-7-11(12,13)14/h8-9,15H,3-7H2,1-2H3,(H,16,17)/t8?,9-/m0/s1. The lowest BCUT2D eigenvalue weighted by Gasteiger charge is -2.20. The van der Waals surface area contributed by atoms with Crippen LogP contribution in [0.3, 0.4) is 0 Å². The van der Waals surface area contributed by atoms with Crippen molar-refractivity contribution in [3.63, 3.8) is 0 Å². The first-order chi connectivity index (χ1) is 7.76. The van der Waals surface area contributed by atoms with Gasteiger partial charge in [0.1, 0.15) is 6.04 Å². The third-order valence-electron chi connectivity index (χ3n) is 2.49. The Morgan fingerprint density at radius 2 is 1.94 bits per heavy atom. The average Bonchev–Trinajstić information content (AvgIpc) is 2.19. The molecular formula is C11H20F3NO2. The Balaban J connectivity index is 4.03. The number of carboxylic acid groups (broad SMARTS) is 1. The molecule has 0 saturated heterocycles. The van der Waals surface area contributed by atoms with Crippen molar-refractivity contribution < 1.29 is 23.1 Å². The number of rotatable bonds is 8. The van der Waals surface area contributed by atoms with E-state index in [0.717, 1.165) is 12.8 Å². The Kier molecular flexibility index (Phi) is 7.18. The van der Waals surface area contributed by atoms with Gasteiger partial charge < -0.3 is 10.4 Å². The van der Waals surface area contributed by atoms with Gasteiger partial charge in [0.25, 0.3) is 0 Å². The molecule has 2 atom stereocenters. The molecule has 102 valence electrons. The van der Waals surface area contributed by atoms with E-state index in [1.807, 2.05) is 6.92 Å². The van der Waals surface area contributed by atoms with Crippen molar-refractivity contribution in [1.82, 2.24) is 5.32 Å². The first-order valence-electron chi connectivity index (χ1n) is 5.82. The Hall–Kier alpha value is -0.780. The predicted molar refractivity (Wildman–Crippen MR) is 58.8 cm³/mol. The second-order valence-electron chi connectivity index (χ2n) is 4.25. The van der Waals surface area contributed by atoms with E-state index in [4.69, 9.17) is 5.11 Å². The summed E-state index contributed by atoms with van der Waals surface area (Å²) in [7, 11) is 0. The lowest BCUT2D eigenvalue weighted by Crippen LogP contribution is -2.42. The summed E-state index contributed by atoms with van der Waals surface area (Å²) in [6.07, 6.45) is -3.11. The molecule has 0 fully saturated rings. The molecule has 0 bridgehead atoms. The average molecular weight is 255 g/mol. The quantitative estimate of drug-likeness (QED) is 0.701. The molecule has 0 aromatic heterocycles. The van der Waals surface area contributed by atoms with Gasteiger partial charge in [0, 0.05) is 12.5 Å². The number of unbranched alkanes of at least 4 members (excludes halogenated alkanes) is 1. The van der Waals surface area contributed by atoms with E-state index < -0.39 is 30.7 Å². The van der Waals surface area contributed by atoms with E-state index in [-0.39, 0.29) is 6.42 Å². The zero-order valence-corrected chi connectivity index (χ0v) is 10.2. The van der Waals surface area contributed by atoms with Crippen LogP contribution in [0, 0.1) is 0 Å². The number of nitrogens with one attached hydrogen (secondary N) is 1. The molecular weight excluding hydrogens is 235 g/mol. The number of carbonyl (C=O) groups is 1. The van der Waals surface area contributed by atoms with Crippen molar-refractivity contribution in [2.45, 2.75) is 64.2 Å². The summed E-state index contributed by atoms with van der Waals surface area (Å²) in [6.45, 7) is 3.51. The maximum absolute atomic E-state index is 12.0. The zero-order valence-electron chi connectivity index (χ0n) is 10.2. The lowest BCUT2D eigenvalue weighted by molar-refractivity contribution is -0.140. The fourth-order valence-corrected chi connectivity index (χ4v) is 1.49. The molecule has 0 aliphatic carbocycles. The minimum Gasteiger partial charge on any atom is -0.480 e. The minimum absolute atomic E-state index is 0.0978. The Labute approximate surface area is 99.4 Å². The van der Waals surface area contributed by atoms with Crippen molar-refractivity contribution in [3.05, 3.63) is 0 Å². The number of hydrogen-bond acceptors (Lipinski definition) is 2. The van der Waals surface area contributed by atoms with Crippen LogP contribution in [0.5, 0.6) is 0 Å². The molecule has 0 aliphatic heterocycles. The number of carboxylic acids is 1. The van der Waals surface area contributed by atoms with Gasteiger partial charge >= 0.3 is 12.1 Å². The van der Waals surface area contributed by atoms with Crippen LogP contribution in [0.1, 0.15) is 46.0 Å². The van der Waals surface area contributed by atoms with Crippen LogP contribution in [0.15, 0.2) is 0 Å². The molecule has 0 aromatic rings. The molecule has 3 nitrogen and oxygen atoms in total. The van der Waals surface area contributed by atoms with Gasteiger partial charge in [-0.1, -0.05) is 19.8 Å². The van der Waals surface area contributed by atoms with Crippen LogP contribution in [0.4, 0.5) is 13.2 Å². The molecule has 0 rings (SSSR count). The van der Waals surface area contributed by atoms with Crippen molar-refractivity contribution >= 4 is 5.97 Å². The Bertz CT molecular complexity index is 231. The van der Waals surface area contributed by atoms with E-state index >= 15 is 0 Å². The van der Waals surface area contributed by atoms with Crippen LogP contribution in [0.2, 0.25) is 0 Å². The van der Waals surface area contributed by atoms with Crippen LogP contribution in [0.25, 0.3) is 0 Å². The van der Waals surface area contributed by atoms with Crippen LogP contribution in [-0.2, 0) is 4.79 Å². The molecule has 1 unspecified atom stereocenters. The summed E-state index contributed by atoms with van der Waals surface area (Å²) >= 11 is 0. The number of hydrogen-bond donors (Lipinski definition) is 2. The largest absolute Gasteiger partial charge is 0.480 e. The highest BCUT2D eigenvalue weighted by Gasteiger charge is 2.28. The second-order valence-corrected chi connectivity index (χ2v) is 4.25. The molecule has 17 heavy (non-hydrogen) atoms. The van der Waals surface area contributed by atoms with Gasteiger partial charge in [-0.05, 0) is 19.8 Å². The lowest BCUT2D eigenvalue weighted by atomic mass is 10.1. The van der Waals surface area contributed by atoms with E-state index in [9.17, 15) is 18.0 Å². The molecule has 0 amide bonds. The van der Waals surface area contributed by atoms with Crippen molar-refractivity contribution in [3.8, 4) is 0 Å². The third-order valence-corrected chi connectivity index (χ3v) is 2.49. The molecule has 6 heteroatoms. The fraction of sp³-hybridized carbons (Fsp3) is 0.909. The molecule has 0 aliphatic rings. The van der Waals surface area contributed by atoms with E-state index in [1.54, 1.807) is 6.92 Å². The summed E-state index contributed by atoms with van der Waals surface area (Å²) in [6, 6.07) is -1.20. The molecule has 0 heterocycles. The minimum atomic E-state index is -4.18. The zero-order chi connectivity index (χ0) is 13.5. The summed E-state index contributed by atoms with van der Waals surface area (Å²) in [5.74, 6) is -1.00. The maximum Gasteiger partial charge on any atom is 0.389 e. The molecule has 0 spiro atoms. The van der Waals surface area contributed by atoms with Gasteiger partial charge in [-0.2, -0.15) is 13.2 Å². The topological polar surface area (TPSA) is 49.3 Å². The molecule has 2 N–H and O–H groups in total. The van der Waals surface area contributed by atoms with Gasteiger partial charge in [-0.3, -0.25) is 4.79 Å². The summed E-state index contributed by atoms with van der Waals surface area (Å²) in [4.78, 5) is 10.9. The van der Waals surface area contributed by atoms with Crippen LogP contribution < -0.4 is 5.32 Å². The van der Waals surface area contributed by atoms with E-state index in [1.165, 1.54) is 0 Å². The van der Waals surface area contributed by atoms with Crippen molar-refractivity contribution in [2.24, 2.45) is 0 Å². The summed E-state index contributed by atoms with van der Waals surface area (Å²) in [5, 5.41) is 11.6. The van der Waals surface area contributed by atoms with Gasteiger partial charge in [0.2, 0.25) is 0 Å². The summed E-state index contributed by atoms with van der Waals surface area (Å²) < 4.78 is 35.9. The first-order valence-corrected chi connectivity index (χ1v) is 5.82. The van der Waals surface area contributed by atoms with Crippen molar-refractivity contribution in [1.29, 1.82) is 0 Å². The Morgan fingerprint density at radius 1 is 1.35 bits per heavy atom. The predicted octanol–water partition coefficient (Wildman–Crippen LogP) is 2.95. The maximum atomic E-state index is 12.0. The van der Waals surface area contributed by atoms with Gasteiger partial charge in [0.05, 0.1) is 0 Å². The van der Waals surface area contributed by atoms with E-state index in [2.05, 4.69) is 5.32 Å². The van der Waals surface area contributed by atoms with Gasteiger partial charge in [-0.15, -0.1) is 0 Å². The van der Waals surface area contributed by atoms with Crippen LogP contribution in [-0.4, -0.2) is 29.3 Å². The highest BCUT2D eigenvalue weighted by molar-refractivity contribution is 5.73. The molecule has 0 aromatic carbocycles. The van der Waals surface area contributed by atoms with Crippen molar-refractivity contribution in [2.75, 3.05) is 0 Å². The van der Waals surface area contributed by atoms with E-state index in [0.29, 0.717) is 6.42 Å². The monoisotopic (exact) mass is 255 g/mol. The number of halogens is 3. The third kappa shape index (κ3) is 8.97. The first kappa shape index (κ1) is 16.2. The fourth-order valence-electron chi connectivity index (χ4n) is 1.49. The number of alkyl halides is 3. The van der Waals surface area contributed by atoms with Crippen LogP contribution >= 0.6 is 0 Å². The van der Waals surface area contributed by atoms with Gasteiger partial charge in [0.15, 0.2) is 0 Å². The highest BCUT2D eigenvalue weighted by atomic mass is 19.4. The Morgan fingerprint density at radius 3 is 2.35 bits per heavy atom. The SMILES string of the molecule is CCCC[C@H](NC(C)CCC(F)(F)F)C(=O)O. The van der Waals surface area contributed by atoms with Gasteiger partial charge in [-0.25, -0.2) is 0 Å². The second kappa shape index (κ2) is 7.53. The summed E-state index contributed by atoms with van der Waals surface area (Å²) in [5.41, 5.74) is 0. The normalized spacial score (nSPS) is 15.6.